The van der Waals surface area contributed by atoms with E-state index in [0.29, 0.717) is 17.4 Å². The second-order valence-corrected chi connectivity index (χ2v) is 7.15. The average Bonchev–Trinajstić information content (AvgIpc) is 2.46. The van der Waals surface area contributed by atoms with E-state index in [2.05, 4.69) is 57.3 Å². The highest BCUT2D eigenvalue weighted by Crippen LogP contribution is 2.39. The molecule has 112 valence electrons. The first-order valence-corrected chi connectivity index (χ1v) is 8.37. The minimum atomic E-state index is 0.373. The first-order valence-electron chi connectivity index (χ1n) is 8.37. The lowest BCUT2D eigenvalue weighted by Gasteiger charge is -2.39. The van der Waals surface area contributed by atoms with Crippen LogP contribution in [0.3, 0.4) is 0 Å². The third-order valence-corrected chi connectivity index (χ3v) is 4.85. The largest absolute Gasteiger partial charge is 0.314 e. The van der Waals surface area contributed by atoms with Crippen molar-refractivity contribution in [3.8, 4) is 0 Å². The van der Waals surface area contributed by atoms with Gasteiger partial charge in [-0.15, -0.1) is 0 Å². The maximum atomic E-state index is 3.69. The van der Waals surface area contributed by atoms with Crippen molar-refractivity contribution >= 4 is 0 Å². The van der Waals surface area contributed by atoms with Crippen molar-refractivity contribution in [2.45, 2.75) is 77.2 Å². The molecule has 0 saturated heterocycles. The molecule has 0 heterocycles. The van der Waals surface area contributed by atoms with E-state index in [0.717, 1.165) is 6.54 Å². The van der Waals surface area contributed by atoms with E-state index >= 15 is 0 Å². The number of rotatable bonds is 5. The van der Waals surface area contributed by atoms with Crippen LogP contribution in [0.2, 0.25) is 0 Å². The van der Waals surface area contributed by atoms with E-state index in [4.69, 9.17) is 0 Å². The summed E-state index contributed by atoms with van der Waals surface area (Å²) in [5.74, 6) is 0.625. The lowest BCUT2D eigenvalue weighted by molar-refractivity contribution is 0.273. The Morgan fingerprint density at radius 1 is 0.950 bits per heavy atom. The summed E-state index contributed by atoms with van der Waals surface area (Å²) in [6.07, 6.45) is 6.85. The van der Waals surface area contributed by atoms with E-state index in [1.807, 2.05) is 0 Å². The van der Waals surface area contributed by atoms with Gasteiger partial charge in [-0.05, 0) is 29.9 Å². The number of nitrogens with one attached hydrogen (secondary N) is 1. The van der Waals surface area contributed by atoms with Crippen molar-refractivity contribution in [3.05, 3.63) is 35.4 Å². The molecule has 1 aromatic carbocycles. The van der Waals surface area contributed by atoms with Gasteiger partial charge in [0.05, 0.1) is 0 Å². The van der Waals surface area contributed by atoms with Crippen molar-refractivity contribution in [2.24, 2.45) is 0 Å². The van der Waals surface area contributed by atoms with Gasteiger partial charge < -0.3 is 5.32 Å². The van der Waals surface area contributed by atoms with Crippen molar-refractivity contribution in [2.75, 3.05) is 6.54 Å². The molecule has 1 N–H and O–H groups in total. The van der Waals surface area contributed by atoms with Gasteiger partial charge in [0.25, 0.3) is 0 Å². The van der Waals surface area contributed by atoms with Crippen LogP contribution in [0.5, 0.6) is 0 Å². The molecule has 1 saturated carbocycles. The lowest BCUT2D eigenvalue weighted by atomic mass is 9.69. The van der Waals surface area contributed by atoms with Crippen LogP contribution in [0.15, 0.2) is 24.3 Å². The molecule has 0 aromatic heterocycles. The second-order valence-electron chi connectivity index (χ2n) is 7.15. The van der Waals surface area contributed by atoms with E-state index in [-0.39, 0.29) is 0 Å². The molecule has 0 spiro atoms. The van der Waals surface area contributed by atoms with Crippen molar-refractivity contribution < 1.29 is 0 Å². The highest BCUT2D eigenvalue weighted by atomic mass is 14.9. The van der Waals surface area contributed by atoms with Gasteiger partial charge >= 0.3 is 0 Å². The van der Waals surface area contributed by atoms with Gasteiger partial charge in [0.2, 0.25) is 0 Å². The Bertz CT molecular complexity index is 396. The molecule has 1 aliphatic rings. The normalized spacial score (nSPS) is 18.7. The predicted molar refractivity (Wildman–Crippen MR) is 88.4 cm³/mol. The first-order chi connectivity index (χ1) is 9.53. The number of benzene rings is 1. The Hall–Kier alpha value is -0.820. The maximum Gasteiger partial charge on any atom is 0.00778 e. The van der Waals surface area contributed by atoms with E-state index in [1.54, 1.807) is 5.56 Å². The summed E-state index contributed by atoms with van der Waals surface area (Å²) in [7, 11) is 0. The summed E-state index contributed by atoms with van der Waals surface area (Å²) in [5, 5.41) is 3.69. The number of hydrogen-bond donors (Lipinski definition) is 1. The molecule has 2 rings (SSSR count). The summed E-state index contributed by atoms with van der Waals surface area (Å²) in [5.41, 5.74) is 3.38. The fourth-order valence-corrected chi connectivity index (χ4v) is 3.42. The van der Waals surface area contributed by atoms with Crippen LogP contribution in [0, 0.1) is 0 Å². The molecule has 1 nitrogen and oxygen atoms in total. The summed E-state index contributed by atoms with van der Waals surface area (Å²) >= 11 is 0. The Balaban J connectivity index is 2.21. The third kappa shape index (κ3) is 3.63. The zero-order valence-electron chi connectivity index (χ0n) is 13.7. The van der Waals surface area contributed by atoms with Crippen molar-refractivity contribution in [3.63, 3.8) is 0 Å². The molecule has 1 aliphatic carbocycles. The van der Waals surface area contributed by atoms with Gasteiger partial charge in [0, 0.05) is 18.0 Å². The van der Waals surface area contributed by atoms with Crippen LogP contribution in [0.4, 0.5) is 0 Å². The van der Waals surface area contributed by atoms with E-state index in [1.165, 1.54) is 37.7 Å². The highest BCUT2D eigenvalue weighted by Gasteiger charge is 2.33. The molecule has 0 atom stereocenters. The Kier molecular flexibility index (Phi) is 5.26. The van der Waals surface area contributed by atoms with Crippen LogP contribution in [-0.4, -0.2) is 12.6 Å². The molecule has 0 amide bonds. The first kappa shape index (κ1) is 15.6. The Morgan fingerprint density at radius 3 is 2.05 bits per heavy atom. The predicted octanol–water partition coefficient (Wildman–Crippen LogP) is 5.01. The van der Waals surface area contributed by atoms with Gasteiger partial charge in [0.15, 0.2) is 0 Å². The molecular weight excluding hydrogens is 242 g/mol. The smallest absolute Gasteiger partial charge is 0.00778 e. The molecule has 20 heavy (non-hydrogen) atoms. The van der Waals surface area contributed by atoms with Crippen LogP contribution in [-0.2, 0) is 5.41 Å². The van der Waals surface area contributed by atoms with Gasteiger partial charge in [0.1, 0.15) is 0 Å². The maximum absolute atomic E-state index is 3.69. The monoisotopic (exact) mass is 273 g/mol. The van der Waals surface area contributed by atoms with Crippen molar-refractivity contribution in [1.29, 1.82) is 0 Å². The topological polar surface area (TPSA) is 12.0 Å². The molecule has 0 radical (unpaired) electrons. The van der Waals surface area contributed by atoms with Crippen LogP contribution in [0.25, 0.3) is 0 Å². The van der Waals surface area contributed by atoms with Gasteiger partial charge in [-0.1, -0.05) is 71.2 Å². The molecule has 1 heteroatoms. The Labute approximate surface area is 125 Å². The summed E-state index contributed by atoms with van der Waals surface area (Å²) < 4.78 is 0. The fraction of sp³-hybridized carbons (Fsp3) is 0.684. The molecule has 0 aliphatic heterocycles. The summed E-state index contributed by atoms with van der Waals surface area (Å²) in [6, 6.07) is 10.0. The Morgan fingerprint density at radius 2 is 1.55 bits per heavy atom. The summed E-state index contributed by atoms with van der Waals surface area (Å²) in [6.45, 7) is 10.2. The molecule has 1 aromatic rings. The third-order valence-electron chi connectivity index (χ3n) is 4.85. The molecule has 0 bridgehead atoms. The average molecular weight is 273 g/mol. The summed E-state index contributed by atoms with van der Waals surface area (Å²) in [4.78, 5) is 0. The van der Waals surface area contributed by atoms with Gasteiger partial charge in [-0.25, -0.2) is 0 Å². The van der Waals surface area contributed by atoms with Crippen molar-refractivity contribution in [1.82, 2.24) is 5.32 Å². The zero-order chi connectivity index (χ0) is 14.6. The van der Waals surface area contributed by atoms with Crippen LogP contribution < -0.4 is 5.32 Å². The second kappa shape index (κ2) is 6.76. The standard InChI is InChI=1S/C19H31N/c1-15(2)17-8-10-18(11-9-17)19(14-20-16(3)4)12-6-5-7-13-19/h8-11,15-16,20H,5-7,12-14H2,1-4H3. The SMILES string of the molecule is CC(C)NCC1(c2ccc(C(C)C)cc2)CCCCC1. The van der Waals surface area contributed by atoms with E-state index in [9.17, 15) is 0 Å². The highest BCUT2D eigenvalue weighted by molar-refractivity contribution is 5.31. The van der Waals surface area contributed by atoms with Gasteiger partial charge in [-0.2, -0.15) is 0 Å². The van der Waals surface area contributed by atoms with Crippen LogP contribution >= 0.6 is 0 Å². The number of hydrogen-bond acceptors (Lipinski definition) is 1. The molecular formula is C19H31N. The quantitative estimate of drug-likeness (QED) is 0.795. The van der Waals surface area contributed by atoms with E-state index < -0.39 is 0 Å². The van der Waals surface area contributed by atoms with Crippen LogP contribution in [0.1, 0.15) is 76.8 Å². The van der Waals surface area contributed by atoms with Gasteiger partial charge in [-0.3, -0.25) is 0 Å². The lowest BCUT2D eigenvalue weighted by Crippen LogP contribution is -2.42. The fourth-order valence-electron chi connectivity index (χ4n) is 3.42. The molecule has 0 unspecified atom stereocenters. The minimum Gasteiger partial charge on any atom is -0.314 e. The molecule has 1 fully saturated rings. The minimum absolute atomic E-state index is 0.373. The zero-order valence-corrected chi connectivity index (χ0v) is 13.7.